The molecule has 0 aliphatic carbocycles. The first-order chi connectivity index (χ1) is 8.13. The van der Waals surface area contributed by atoms with Crippen molar-refractivity contribution in [2.45, 2.75) is 33.2 Å². The van der Waals surface area contributed by atoms with Crippen LogP contribution in [0.5, 0.6) is 0 Å². The fraction of sp³-hybridized carbons (Fsp3) is 0.667. The first-order valence-corrected chi connectivity index (χ1v) is 6.06. The molecule has 1 N–H and O–H groups in total. The summed E-state index contributed by atoms with van der Waals surface area (Å²) in [5.41, 5.74) is 1.85. The highest BCUT2D eigenvalue weighted by Gasteiger charge is 2.25. The molecule has 1 aromatic rings. The van der Waals surface area contributed by atoms with Gasteiger partial charge in [0.2, 0.25) is 0 Å². The molecule has 0 saturated heterocycles. The minimum Gasteiger partial charge on any atom is -0.465 e. The number of hydrogen-bond donors (Lipinski definition) is 1. The molecule has 0 aromatic carbocycles. The highest BCUT2D eigenvalue weighted by atomic mass is 16.5. The second-order valence-corrected chi connectivity index (χ2v) is 3.80. The van der Waals surface area contributed by atoms with Crippen molar-refractivity contribution >= 4 is 5.97 Å². The SMILES string of the molecule is CCNC(C(=O)OCC)c1cn(C)nc1CC. The number of ether oxygens (including phenoxy) is 1. The second-order valence-electron chi connectivity index (χ2n) is 3.80. The third kappa shape index (κ3) is 3.30. The van der Waals surface area contributed by atoms with Gasteiger partial charge in [-0.15, -0.1) is 0 Å². The fourth-order valence-electron chi connectivity index (χ4n) is 1.82. The molecule has 0 radical (unpaired) electrons. The summed E-state index contributed by atoms with van der Waals surface area (Å²) < 4.78 is 6.82. The van der Waals surface area contributed by atoms with Crippen LogP contribution in [-0.2, 0) is 23.0 Å². The average molecular weight is 239 g/mol. The third-order valence-corrected chi connectivity index (χ3v) is 2.51. The Balaban J connectivity index is 2.99. The van der Waals surface area contributed by atoms with E-state index in [0.717, 1.165) is 17.7 Å². The number of aromatic nitrogens is 2. The van der Waals surface area contributed by atoms with Crippen LogP contribution in [0.25, 0.3) is 0 Å². The van der Waals surface area contributed by atoms with Gasteiger partial charge >= 0.3 is 5.97 Å². The lowest BCUT2D eigenvalue weighted by molar-refractivity contribution is -0.145. The molecule has 1 aromatic heterocycles. The zero-order valence-electron chi connectivity index (χ0n) is 11.0. The molecule has 5 nitrogen and oxygen atoms in total. The standard InChI is InChI=1S/C12H21N3O2/c1-5-10-9(8-15(4)14-10)11(13-6-2)12(16)17-7-3/h8,11,13H,5-7H2,1-4H3. The summed E-state index contributed by atoms with van der Waals surface area (Å²) in [6.07, 6.45) is 2.68. The number of likely N-dealkylation sites (N-methyl/N-ethyl adjacent to an activating group) is 1. The van der Waals surface area contributed by atoms with Crippen LogP contribution >= 0.6 is 0 Å². The van der Waals surface area contributed by atoms with Crippen LogP contribution in [0.1, 0.15) is 38.1 Å². The Morgan fingerprint density at radius 1 is 1.53 bits per heavy atom. The van der Waals surface area contributed by atoms with E-state index in [9.17, 15) is 4.79 Å². The van der Waals surface area contributed by atoms with Crippen molar-refractivity contribution in [1.29, 1.82) is 0 Å². The van der Waals surface area contributed by atoms with Crippen molar-refractivity contribution in [2.75, 3.05) is 13.2 Å². The van der Waals surface area contributed by atoms with Gasteiger partial charge in [-0.2, -0.15) is 5.10 Å². The van der Waals surface area contributed by atoms with Crippen molar-refractivity contribution < 1.29 is 9.53 Å². The molecule has 0 spiro atoms. The lowest BCUT2D eigenvalue weighted by atomic mass is 10.1. The smallest absolute Gasteiger partial charge is 0.327 e. The zero-order chi connectivity index (χ0) is 12.8. The monoisotopic (exact) mass is 239 g/mol. The topological polar surface area (TPSA) is 56.1 Å². The number of hydrogen-bond acceptors (Lipinski definition) is 4. The molecule has 1 unspecified atom stereocenters. The van der Waals surface area contributed by atoms with Crippen LogP contribution in [-0.4, -0.2) is 28.9 Å². The fourth-order valence-corrected chi connectivity index (χ4v) is 1.82. The highest BCUT2D eigenvalue weighted by molar-refractivity contribution is 5.77. The molecule has 0 aliphatic heterocycles. The number of carbonyl (C=O) groups excluding carboxylic acids is 1. The number of nitrogens with zero attached hydrogens (tertiary/aromatic N) is 2. The maximum Gasteiger partial charge on any atom is 0.327 e. The van der Waals surface area contributed by atoms with E-state index >= 15 is 0 Å². The van der Waals surface area contributed by atoms with E-state index in [0.29, 0.717) is 13.2 Å². The maximum absolute atomic E-state index is 11.9. The average Bonchev–Trinajstić information content (AvgIpc) is 2.67. The van der Waals surface area contributed by atoms with Crippen molar-refractivity contribution in [1.82, 2.24) is 15.1 Å². The number of rotatable bonds is 6. The van der Waals surface area contributed by atoms with Gasteiger partial charge < -0.3 is 10.1 Å². The molecule has 96 valence electrons. The van der Waals surface area contributed by atoms with E-state index in [4.69, 9.17) is 4.74 Å². The summed E-state index contributed by atoms with van der Waals surface area (Å²) in [4.78, 5) is 11.9. The molecule has 17 heavy (non-hydrogen) atoms. The normalized spacial score (nSPS) is 12.5. The Labute approximate surface area is 102 Å². The molecule has 0 saturated carbocycles. The summed E-state index contributed by atoms with van der Waals surface area (Å²) in [6.45, 7) is 6.91. The number of nitrogens with one attached hydrogen (secondary N) is 1. The van der Waals surface area contributed by atoms with Crippen molar-refractivity contribution in [3.05, 3.63) is 17.5 Å². The summed E-state index contributed by atoms with van der Waals surface area (Å²) in [6, 6.07) is -0.413. The van der Waals surface area contributed by atoms with Crippen LogP contribution < -0.4 is 5.32 Å². The van der Waals surface area contributed by atoms with E-state index in [2.05, 4.69) is 10.4 Å². The largest absolute Gasteiger partial charge is 0.465 e. The van der Waals surface area contributed by atoms with E-state index in [1.165, 1.54) is 0 Å². The Bertz CT molecular complexity index is 374. The molecular weight excluding hydrogens is 218 g/mol. The molecular formula is C12H21N3O2. The van der Waals surface area contributed by atoms with Gasteiger partial charge in [-0.25, -0.2) is 4.79 Å². The minimum atomic E-state index is -0.413. The Kier molecular flexibility index (Phi) is 5.15. The predicted molar refractivity (Wildman–Crippen MR) is 65.6 cm³/mol. The molecule has 1 rings (SSSR count). The van der Waals surface area contributed by atoms with Gasteiger partial charge in [0.25, 0.3) is 0 Å². The minimum absolute atomic E-state index is 0.239. The quantitative estimate of drug-likeness (QED) is 0.758. The van der Waals surface area contributed by atoms with Crippen LogP contribution in [0.2, 0.25) is 0 Å². The summed E-state index contributed by atoms with van der Waals surface area (Å²) >= 11 is 0. The van der Waals surface area contributed by atoms with Gasteiger partial charge in [0.05, 0.1) is 12.3 Å². The van der Waals surface area contributed by atoms with Crippen LogP contribution in [0.15, 0.2) is 6.20 Å². The highest BCUT2D eigenvalue weighted by Crippen LogP contribution is 2.19. The number of esters is 1. The van der Waals surface area contributed by atoms with Gasteiger partial charge in [-0.05, 0) is 19.9 Å². The Morgan fingerprint density at radius 2 is 2.24 bits per heavy atom. The van der Waals surface area contributed by atoms with Gasteiger partial charge in [-0.3, -0.25) is 4.68 Å². The number of carbonyl (C=O) groups is 1. The van der Waals surface area contributed by atoms with E-state index < -0.39 is 6.04 Å². The van der Waals surface area contributed by atoms with Gasteiger partial charge in [0, 0.05) is 18.8 Å². The van der Waals surface area contributed by atoms with Gasteiger partial charge in [0.15, 0.2) is 0 Å². The second kappa shape index (κ2) is 6.39. The van der Waals surface area contributed by atoms with Crippen LogP contribution in [0.3, 0.4) is 0 Å². The first-order valence-electron chi connectivity index (χ1n) is 6.06. The van der Waals surface area contributed by atoms with Gasteiger partial charge in [-0.1, -0.05) is 13.8 Å². The number of aryl methyl sites for hydroxylation is 2. The lowest BCUT2D eigenvalue weighted by Gasteiger charge is -2.15. The van der Waals surface area contributed by atoms with Crippen LogP contribution in [0.4, 0.5) is 0 Å². The molecule has 5 heteroatoms. The molecule has 0 bridgehead atoms. The molecule has 0 aliphatic rings. The van der Waals surface area contributed by atoms with Crippen molar-refractivity contribution in [2.24, 2.45) is 7.05 Å². The van der Waals surface area contributed by atoms with Crippen molar-refractivity contribution in [3.63, 3.8) is 0 Å². The Hall–Kier alpha value is -1.36. The van der Waals surface area contributed by atoms with E-state index in [1.807, 2.05) is 34.0 Å². The molecule has 1 heterocycles. The van der Waals surface area contributed by atoms with Crippen LogP contribution in [0, 0.1) is 0 Å². The molecule has 1 atom stereocenters. The molecule has 0 fully saturated rings. The summed E-state index contributed by atoms with van der Waals surface area (Å²) in [5.74, 6) is -0.239. The zero-order valence-corrected chi connectivity index (χ0v) is 11.0. The van der Waals surface area contributed by atoms with Gasteiger partial charge in [0.1, 0.15) is 6.04 Å². The molecule has 0 amide bonds. The summed E-state index contributed by atoms with van der Waals surface area (Å²) in [5, 5.41) is 7.49. The van der Waals surface area contributed by atoms with Crippen molar-refractivity contribution in [3.8, 4) is 0 Å². The predicted octanol–water partition coefficient (Wildman–Crippen LogP) is 1.20. The summed E-state index contributed by atoms with van der Waals surface area (Å²) in [7, 11) is 1.86. The maximum atomic E-state index is 11.9. The first kappa shape index (κ1) is 13.7. The third-order valence-electron chi connectivity index (χ3n) is 2.51. The lowest BCUT2D eigenvalue weighted by Crippen LogP contribution is -2.30. The Morgan fingerprint density at radius 3 is 2.76 bits per heavy atom. The van der Waals surface area contributed by atoms with E-state index in [-0.39, 0.29) is 5.97 Å². The van der Waals surface area contributed by atoms with E-state index in [1.54, 1.807) is 4.68 Å².